The molecule has 3 aromatic rings. The lowest BCUT2D eigenvalue weighted by atomic mass is 10.1. The Kier molecular flexibility index (Phi) is 7.72. The van der Waals surface area contributed by atoms with Crippen molar-refractivity contribution in [3.05, 3.63) is 48.0 Å². The molecule has 14 nitrogen and oxygen atoms in total. The van der Waals surface area contributed by atoms with Gasteiger partial charge < -0.3 is 11.1 Å². The highest BCUT2D eigenvalue weighted by Crippen LogP contribution is 2.37. The van der Waals surface area contributed by atoms with Gasteiger partial charge in [-0.2, -0.15) is 16.8 Å². The number of primary amides is 1. The van der Waals surface area contributed by atoms with Crippen LogP contribution in [0.1, 0.15) is 5.56 Å². The third-order valence-electron chi connectivity index (χ3n) is 4.36. The summed E-state index contributed by atoms with van der Waals surface area (Å²) in [5.74, 6) is 0. The summed E-state index contributed by atoms with van der Waals surface area (Å²) >= 11 is 0.352. The number of hydrogen-bond donors (Lipinski definition) is 5. The van der Waals surface area contributed by atoms with Gasteiger partial charge >= 0.3 is 6.03 Å². The Morgan fingerprint density at radius 1 is 0.971 bits per heavy atom. The zero-order valence-corrected chi connectivity index (χ0v) is 19.9. The quantitative estimate of drug-likeness (QED) is 0.0895. The van der Waals surface area contributed by atoms with E-state index in [2.05, 4.69) is 24.9 Å². The maximum Gasteiger partial charge on any atom is 0.316 e. The fraction of sp³-hybridized carbons (Fsp3) is 0.0556. The van der Waals surface area contributed by atoms with Crippen LogP contribution in [0, 0.1) is 6.92 Å². The van der Waals surface area contributed by atoms with Crippen molar-refractivity contribution in [3.8, 4) is 0 Å². The Morgan fingerprint density at radius 3 is 2.23 bits per heavy atom. The van der Waals surface area contributed by atoms with Crippen LogP contribution in [0.25, 0.3) is 10.8 Å². The Balaban J connectivity index is 2.27. The summed E-state index contributed by atoms with van der Waals surface area (Å²) in [6.07, 6.45) is 0. The number of urea groups is 1. The fourth-order valence-corrected chi connectivity index (χ4v) is 4.89. The van der Waals surface area contributed by atoms with Crippen LogP contribution in [0.2, 0.25) is 0 Å². The number of carbonyl (C=O) groups excluding carboxylic acids is 1. The lowest BCUT2D eigenvalue weighted by molar-refractivity contribution is -0.432. The van der Waals surface area contributed by atoms with Crippen molar-refractivity contribution in [2.45, 2.75) is 21.6 Å². The fourth-order valence-electron chi connectivity index (χ4n) is 3.00. The molecule has 0 aliphatic carbocycles. The molecule has 0 saturated carbocycles. The molecule has 0 unspecified atom stereocenters. The van der Waals surface area contributed by atoms with E-state index in [4.69, 9.17) is 11.0 Å². The second kappa shape index (κ2) is 10.2. The molecule has 0 aliphatic rings. The Hall–Kier alpha value is -3.16. The summed E-state index contributed by atoms with van der Waals surface area (Å²) in [7, 11) is -9.75. The molecule has 3 rings (SSSR count). The first kappa shape index (κ1) is 26.4. The molecule has 0 bridgehead atoms. The number of nitrogens with two attached hydrogens (primary N) is 1. The van der Waals surface area contributed by atoms with Gasteiger partial charge in [0.1, 0.15) is 21.2 Å². The van der Waals surface area contributed by atoms with Crippen molar-refractivity contribution in [2.75, 3.05) is 5.32 Å². The lowest BCUT2D eigenvalue weighted by Crippen LogP contribution is -2.19. The largest absolute Gasteiger partial charge is 0.351 e. The van der Waals surface area contributed by atoms with Crippen molar-refractivity contribution in [1.29, 1.82) is 0 Å². The van der Waals surface area contributed by atoms with E-state index < -0.39 is 41.7 Å². The molecular weight excluding hydrogens is 528 g/mol. The van der Waals surface area contributed by atoms with E-state index in [1.807, 2.05) is 0 Å². The average Bonchev–Trinajstić information content (AvgIpc) is 2.74. The molecule has 35 heavy (non-hydrogen) atoms. The van der Waals surface area contributed by atoms with Gasteiger partial charge in [-0.3, -0.25) is 9.11 Å². The number of aryl methyl sites for hydroxylation is 1. The first-order valence-electron chi connectivity index (χ1n) is 9.10. The van der Waals surface area contributed by atoms with E-state index in [0.29, 0.717) is 12.0 Å². The minimum Gasteiger partial charge on any atom is -0.351 e. The first-order valence-corrected chi connectivity index (χ1v) is 12.7. The zero-order valence-electron chi connectivity index (χ0n) is 17.4. The van der Waals surface area contributed by atoms with Gasteiger partial charge in [0.15, 0.2) is 0 Å². The summed E-state index contributed by atoms with van der Waals surface area (Å²) in [5.41, 5.74) is 5.62. The van der Waals surface area contributed by atoms with Gasteiger partial charge in [0.2, 0.25) is 0 Å². The standard InChI is InChI=1S/C18H16N4O10S3/c1-9-2-3-13(14(4-9)20-18(19)23)21-22-15-8-12-10(6-17(15)35(28,29)30)5-11(33-32-31-24)7-16(12)34(25,26)27/h2-8,24H,1H3,(H3,19,20,23)(H,25,26,27)(H,28,29,30). The van der Waals surface area contributed by atoms with Gasteiger partial charge in [-0.05, 0) is 54.3 Å². The molecule has 0 heterocycles. The summed E-state index contributed by atoms with van der Waals surface area (Å²) < 4.78 is 71.7. The Bertz CT molecular complexity index is 1560. The predicted molar refractivity (Wildman–Crippen MR) is 123 cm³/mol. The van der Waals surface area contributed by atoms with E-state index in [-0.39, 0.29) is 27.0 Å². The van der Waals surface area contributed by atoms with Crippen molar-refractivity contribution >= 4 is 66.1 Å². The average molecular weight is 545 g/mol. The third kappa shape index (κ3) is 6.50. The van der Waals surface area contributed by atoms with E-state index in [9.17, 15) is 30.7 Å². The maximum absolute atomic E-state index is 12.0. The van der Waals surface area contributed by atoms with Gasteiger partial charge in [-0.15, -0.1) is 14.6 Å². The third-order valence-corrected chi connectivity index (χ3v) is 6.69. The van der Waals surface area contributed by atoms with Crippen LogP contribution in [-0.4, -0.2) is 37.2 Å². The van der Waals surface area contributed by atoms with Crippen LogP contribution in [0.5, 0.6) is 0 Å². The number of nitrogens with zero attached hydrogens (tertiary/aromatic N) is 2. The number of carbonyl (C=O) groups is 1. The maximum atomic E-state index is 12.0. The number of fused-ring (bicyclic) bond motifs is 1. The van der Waals surface area contributed by atoms with Crippen LogP contribution in [-0.2, 0) is 29.6 Å². The molecule has 17 heteroatoms. The number of benzene rings is 3. The van der Waals surface area contributed by atoms with Crippen molar-refractivity contribution in [2.24, 2.45) is 16.0 Å². The molecule has 2 amide bonds. The minimum absolute atomic E-state index is 0.0170. The minimum atomic E-state index is -4.90. The number of amides is 2. The number of hydrogen-bond acceptors (Lipinski definition) is 11. The number of azo groups is 1. The van der Waals surface area contributed by atoms with E-state index in [1.54, 1.807) is 13.0 Å². The van der Waals surface area contributed by atoms with Gasteiger partial charge in [0.25, 0.3) is 20.2 Å². The van der Waals surface area contributed by atoms with Crippen molar-refractivity contribution in [3.63, 3.8) is 0 Å². The predicted octanol–water partition coefficient (Wildman–Crippen LogP) is 3.98. The van der Waals surface area contributed by atoms with Gasteiger partial charge in [-0.25, -0.2) is 10.1 Å². The number of rotatable bonds is 8. The molecule has 0 atom stereocenters. The van der Waals surface area contributed by atoms with Crippen molar-refractivity contribution < 1.29 is 45.4 Å². The molecule has 0 radical (unpaired) electrons. The van der Waals surface area contributed by atoms with Crippen LogP contribution < -0.4 is 11.1 Å². The van der Waals surface area contributed by atoms with Crippen LogP contribution in [0.4, 0.5) is 21.9 Å². The van der Waals surface area contributed by atoms with E-state index in [1.165, 1.54) is 18.2 Å². The molecule has 0 aliphatic heterocycles. The summed E-state index contributed by atoms with van der Waals surface area (Å²) in [6.45, 7) is 1.73. The van der Waals surface area contributed by atoms with Gasteiger partial charge in [-0.1, -0.05) is 11.1 Å². The van der Waals surface area contributed by atoms with Crippen LogP contribution in [0.15, 0.2) is 67.4 Å². The summed E-state index contributed by atoms with van der Waals surface area (Å²) in [4.78, 5) is 9.85. The normalized spacial score (nSPS) is 12.3. The summed E-state index contributed by atoms with van der Waals surface area (Å²) in [5, 5.41) is 21.6. The first-order chi connectivity index (χ1) is 16.3. The number of anilines is 1. The molecular formula is C18H16N4O10S3. The smallest absolute Gasteiger partial charge is 0.316 e. The second-order valence-electron chi connectivity index (χ2n) is 6.85. The van der Waals surface area contributed by atoms with Gasteiger partial charge in [0, 0.05) is 10.3 Å². The molecule has 186 valence electrons. The molecule has 0 spiro atoms. The molecule has 0 saturated heterocycles. The molecule has 0 fully saturated rings. The van der Waals surface area contributed by atoms with E-state index >= 15 is 0 Å². The van der Waals surface area contributed by atoms with Crippen LogP contribution in [0.3, 0.4) is 0 Å². The topological polar surface area (TPSA) is 227 Å². The highest BCUT2D eigenvalue weighted by atomic mass is 32.2. The Morgan fingerprint density at radius 2 is 1.63 bits per heavy atom. The highest BCUT2D eigenvalue weighted by Gasteiger charge is 2.22. The SMILES string of the molecule is Cc1ccc(N=Nc2cc3c(S(=O)(=O)O)cc(SOOO)cc3cc2S(=O)(=O)O)c(NC(N)=O)c1. The van der Waals surface area contributed by atoms with E-state index in [0.717, 1.165) is 23.8 Å². The molecule has 0 aromatic heterocycles. The molecule has 6 N–H and O–H groups in total. The van der Waals surface area contributed by atoms with Crippen LogP contribution >= 0.6 is 12.0 Å². The monoisotopic (exact) mass is 544 g/mol. The Labute approximate surface area is 202 Å². The van der Waals surface area contributed by atoms with Gasteiger partial charge in [0.05, 0.1) is 17.7 Å². The highest BCUT2D eigenvalue weighted by molar-refractivity contribution is 7.94. The van der Waals surface area contributed by atoms with Crippen molar-refractivity contribution in [1.82, 2.24) is 0 Å². The lowest BCUT2D eigenvalue weighted by Gasteiger charge is -2.10. The molecule has 3 aromatic carbocycles. The number of nitrogens with one attached hydrogen (secondary N) is 1. The zero-order chi connectivity index (χ0) is 26.0. The second-order valence-corrected chi connectivity index (χ2v) is 10.4. The summed E-state index contributed by atoms with van der Waals surface area (Å²) in [6, 6.07) is 7.78.